The summed E-state index contributed by atoms with van der Waals surface area (Å²) >= 11 is 11.8. The third-order valence-electron chi connectivity index (χ3n) is 3.46. The Labute approximate surface area is 105 Å². The van der Waals surface area contributed by atoms with Crippen molar-refractivity contribution >= 4 is 28.8 Å². The summed E-state index contributed by atoms with van der Waals surface area (Å²) in [4.78, 5) is 4.10. The lowest BCUT2D eigenvalue weighted by Gasteiger charge is -2.15. The minimum atomic E-state index is 0.375. The number of pyridine rings is 1. The number of allylic oxidation sites excluding steroid dienone is 1. The Morgan fingerprint density at radius 1 is 1.38 bits per heavy atom. The Morgan fingerprint density at radius 2 is 2.25 bits per heavy atom. The summed E-state index contributed by atoms with van der Waals surface area (Å²) in [6, 6.07) is 2.39. The smallest absolute Gasteiger partial charge is 0.147 e. The molecule has 84 valence electrons. The van der Waals surface area contributed by atoms with Crippen LogP contribution in [-0.4, -0.2) is 17.6 Å². The van der Waals surface area contributed by atoms with Crippen LogP contribution in [0, 0.1) is 5.92 Å². The molecule has 0 aromatic carbocycles. The maximum Gasteiger partial charge on any atom is 0.147 e. The minimum Gasteiger partial charge on any atom is -0.310 e. The van der Waals surface area contributed by atoms with Crippen molar-refractivity contribution in [3.05, 3.63) is 34.1 Å². The fraction of sp³-hybridized carbons (Fsp3) is 0.417. The molecule has 2 nitrogen and oxygen atoms in total. The van der Waals surface area contributed by atoms with E-state index in [4.69, 9.17) is 23.2 Å². The lowest BCUT2D eigenvalue weighted by Crippen LogP contribution is -2.24. The van der Waals surface area contributed by atoms with Crippen molar-refractivity contribution in [2.75, 3.05) is 6.54 Å². The van der Waals surface area contributed by atoms with Crippen LogP contribution in [-0.2, 0) is 0 Å². The van der Waals surface area contributed by atoms with E-state index >= 15 is 0 Å². The number of aromatic nitrogens is 1. The molecule has 3 rings (SSSR count). The van der Waals surface area contributed by atoms with Gasteiger partial charge in [-0.25, -0.2) is 4.98 Å². The van der Waals surface area contributed by atoms with Gasteiger partial charge in [-0.15, -0.1) is 0 Å². The number of hydrogen-bond donors (Lipinski definition) is 1. The fourth-order valence-corrected chi connectivity index (χ4v) is 2.93. The van der Waals surface area contributed by atoms with Crippen LogP contribution >= 0.6 is 23.2 Å². The van der Waals surface area contributed by atoms with Crippen molar-refractivity contribution in [1.82, 2.24) is 10.3 Å². The summed E-state index contributed by atoms with van der Waals surface area (Å²) < 4.78 is 0. The number of halogens is 2. The first-order valence-electron chi connectivity index (χ1n) is 5.50. The van der Waals surface area contributed by atoms with Gasteiger partial charge in [0.05, 0.1) is 5.02 Å². The Morgan fingerprint density at radius 3 is 3.06 bits per heavy atom. The molecule has 1 saturated heterocycles. The van der Waals surface area contributed by atoms with Gasteiger partial charge in [-0.3, -0.25) is 0 Å². The Balaban J connectivity index is 1.95. The first kappa shape index (κ1) is 10.6. The zero-order valence-electron chi connectivity index (χ0n) is 8.71. The van der Waals surface area contributed by atoms with Crippen LogP contribution in [0.15, 0.2) is 18.3 Å². The van der Waals surface area contributed by atoms with E-state index in [0.717, 1.165) is 24.4 Å². The van der Waals surface area contributed by atoms with Gasteiger partial charge in [-0.1, -0.05) is 29.3 Å². The molecule has 0 amide bonds. The first-order chi connectivity index (χ1) is 7.75. The summed E-state index contributed by atoms with van der Waals surface area (Å²) in [5.74, 6) is 0.754. The van der Waals surface area contributed by atoms with Crippen LogP contribution in [0.3, 0.4) is 0 Å². The van der Waals surface area contributed by atoms with E-state index in [9.17, 15) is 0 Å². The molecule has 1 N–H and O–H groups in total. The molecule has 1 aliphatic heterocycles. The maximum absolute atomic E-state index is 5.99. The number of rotatable bonds is 1. The molecule has 1 aromatic rings. The molecular formula is C12H12Cl2N2. The van der Waals surface area contributed by atoms with E-state index in [-0.39, 0.29) is 0 Å². The van der Waals surface area contributed by atoms with Gasteiger partial charge in [-0.2, -0.15) is 0 Å². The van der Waals surface area contributed by atoms with E-state index in [0.29, 0.717) is 16.2 Å². The summed E-state index contributed by atoms with van der Waals surface area (Å²) in [5.41, 5.74) is 2.42. The van der Waals surface area contributed by atoms with Crippen molar-refractivity contribution in [1.29, 1.82) is 0 Å². The standard InChI is InChI=1S/C12H12Cl2N2/c13-10-5-8(6-16-12(10)14)9-2-1-7-3-4-15-11(7)9/h2,5-7,11,15H,1,3-4H2. The molecule has 2 unspecified atom stereocenters. The largest absolute Gasteiger partial charge is 0.310 e. The monoisotopic (exact) mass is 254 g/mol. The minimum absolute atomic E-state index is 0.375. The average molecular weight is 255 g/mol. The van der Waals surface area contributed by atoms with E-state index in [1.807, 2.05) is 12.3 Å². The molecule has 0 spiro atoms. The van der Waals surface area contributed by atoms with E-state index in [2.05, 4.69) is 16.4 Å². The zero-order valence-corrected chi connectivity index (χ0v) is 10.2. The fourth-order valence-electron chi connectivity index (χ4n) is 2.66. The second kappa shape index (κ2) is 4.02. The van der Waals surface area contributed by atoms with Gasteiger partial charge in [-0.05, 0) is 42.5 Å². The molecule has 0 bridgehead atoms. The normalized spacial score (nSPS) is 28.0. The predicted octanol–water partition coefficient (Wildman–Crippen LogP) is 3.15. The predicted molar refractivity (Wildman–Crippen MR) is 66.7 cm³/mol. The molecule has 0 radical (unpaired) electrons. The molecule has 16 heavy (non-hydrogen) atoms. The van der Waals surface area contributed by atoms with Crippen molar-refractivity contribution < 1.29 is 0 Å². The number of hydrogen-bond acceptors (Lipinski definition) is 2. The number of fused-ring (bicyclic) bond motifs is 1. The molecular weight excluding hydrogens is 243 g/mol. The van der Waals surface area contributed by atoms with Crippen LogP contribution in [0.2, 0.25) is 10.2 Å². The van der Waals surface area contributed by atoms with Gasteiger partial charge in [0.15, 0.2) is 0 Å². The highest BCUT2D eigenvalue weighted by Crippen LogP contribution is 2.38. The highest BCUT2D eigenvalue weighted by Gasteiger charge is 2.34. The van der Waals surface area contributed by atoms with Gasteiger partial charge >= 0.3 is 0 Å². The number of nitrogens with zero attached hydrogens (tertiary/aromatic N) is 1. The number of nitrogens with one attached hydrogen (secondary N) is 1. The first-order valence-corrected chi connectivity index (χ1v) is 6.26. The zero-order chi connectivity index (χ0) is 11.1. The highest BCUT2D eigenvalue weighted by atomic mass is 35.5. The Hall–Kier alpha value is -0.570. The molecule has 1 aliphatic carbocycles. The summed E-state index contributed by atoms with van der Waals surface area (Å²) in [6.07, 6.45) is 6.53. The summed E-state index contributed by atoms with van der Waals surface area (Å²) in [6.45, 7) is 1.11. The second-order valence-electron chi connectivity index (χ2n) is 4.37. The van der Waals surface area contributed by atoms with Gasteiger partial charge in [0.25, 0.3) is 0 Å². The molecule has 1 fully saturated rings. The van der Waals surface area contributed by atoms with Crippen molar-refractivity contribution in [2.24, 2.45) is 5.92 Å². The van der Waals surface area contributed by atoms with Crippen LogP contribution in [0.5, 0.6) is 0 Å². The van der Waals surface area contributed by atoms with Gasteiger partial charge < -0.3 is 5.32 Å². The summed E-state index contributed by atoms with van der Waals surface area (Å²) in [5, 5.41) is 4.43. The summed E-state index contributed by atoms with van der Waals surface area (Å²) in [7, 11) is 0. The topological polar surface area (TPSA) is 24.9 Å². The van der Waals surface area contributed by atoms with E-state index in [1.165, 1.54) is 12.0 Å². The maximum atomic E-state index is 5.99. The van der Waals surface area contributed by atoms with Gasteiger partial charge in [0, 0.05) is 12.2 Å². The lowest BCUT2D eigenvalue weighted by atomic mass is 9.97. The average Bonchev–Trinajstić information content (AvgIpc) is 2.83. The van der Waals surface area contributed by atoms with Gasteiger partial charge in [0.1, 0.15) is 5.15 Å². The molecule has 2 atom stereocenters. The van der Waals surface area contributed by atoms with E-state index < -0.39 is 0 Å². The molecule has 2 heterocycles. The van der Waals surface area contributed by atoms with Crippen LogP contribution in [0.4, 0.5) is 0 Å². The Kier molecular flexibility index (Phi) is 2.66. The highest BCUT2D eigenvalue weighted by molar-refractivity contribution is 6.41. The molecule has 4 heteroatoms. The molecule has 2 aliphatic rings. The van der Waals surface area contributed by atoms with Crippen LogP contribution in [0.1, 0.15) is 18.4 Å². The SMILES string of the molecule is Clc1cc(C2=CCC3CCNC23)cnc1Cl. The third-order valence-corrected chi connectivity index (χ3v) is 4.14. The second-order valence-corrected chi connectivity index (χ2v) is 5.14. The van der Waals surface area contributed by atoms with Crippen molar-refractivity contribution in [3.8, 4) is 0 Å². The Bertz CT molecular complexity index is 456. The molecule has 0 saturated carbocycles. The third kappa shape index (κ3) is 1.65. The lowest BCUT2D eigenvalue weighted by molar-refractivity contribution is 0.557. The molecule has 1 aromatic heterocycles. The van der Waals surface area contributed by atoms with Crippen molar-refractivity contribution in [3.63, 3.8) is 0 Å². The van der Waals surface area contributed by atoms with Gasteiger partial charge in [0.2, 0.25) is 0 Å². The van der Waals surface area contributed by atoms with Crippen LogP contribution in [0.25, 0.3) is 5.57 Å². The van der Waals surface area contributed by atoms with E-state index in [1.54, 1.807) is 0 Å². The quantitative estimate of drug-likeness (QED) is 0.780. The van der Waals surface area contributed by atoms with Crippen molar-refractivity contribution in [2.45, 2.75) is 18.9 Å². The van der Waals surface area contributed by atoms with Crippen LogP contribution < -0.4 is 5.32 Å².